The molecule has 2 aromatic carbocycles. The van der Waals surface area contributed by atoms with Gasteiger partial charge in [-0.1, -0.05) is 29.5 Å². The molecular formula is C17H18N2O2S. The van der Waals surface area contributed by atoms with Crippen LogP contribution < -0.4 is 10.2 Å². The molecule has 0 heterocycles. The van der Waals surface area contributed by atoms with E-state index in [0.717, 1.165) is 16.3 Å². The highest BCUT2D eigenvalue weighted by atomic mass is 32.2. The van der Waals surface area contributed by atoms with Gasteiger partial charge in [-0.05, 0) is 43.3 Å². The van der Waals surface area contributed by atoms with Crippen molar-refractivity contribution in [2.45, 2.75) is 18.7 Å². The zero-order chi connectivity index (χ0) is 15.9. The number of hydrazone groups is 1. The quantitative estimate of drug-likeness (QED) is 0.390. The molecule has 0 atom stereocenters. The molecule has 4 nitrogen and oxygen atoms in total. The van der Waals surface area contributed by atoms with Gasteiger partial charge in [-0.3, -0.25) is 10.2 Å². The number of thioether (sulfide) groups is 1. The first-order valence-corrected chi connectivity index (χ1v) is 7.63. The molecule has 1 N–H and O–H groups in total. The summed E-state index contributed by atoms with van der Waals surface area (Å²) in [6.07, 6.45) is 0. The maximum atomic E-state index is 11.7. The van der Waals surface area contributed by atoms with Crippen molar-refractivity contribution >= 4 is 28.3 Å². The Hall–Kier alpha value is -2.27. The summed E-state index contributed by atoms with van der Waals surface area (Å²) >= 11 is 1.35. The van der Waals surface area contributed by atoms with Crippen LogP contribution in [0.1, 0.15) is 12.5 Å². The van der Waals surface area contributed by atoms with E-state index >= 15 is 0 Å². The Kier molecular flexibility index (Phi) is 5.61. The minimum atomic E-state index is -0.0772. The average molecular weight is 314 g/mol. The number of hydrogen-bond acceptors (Lipinski definition) is 5. The second-order valence-electron chi connectivity index (χ2n) is 4.73. The number of nitrogens with one attached hydrogen (secondary N) is 1. The number of benzene rings is 2. The number of carbonyl (C=O) groups is 1. The Bertz CT molecular complexity index is 664. The van der Waals surface area contributed by atoms with Crippen LogP contribution in [0.15, 0.2) is 58.5 Å². The van der Waals surface area contributed by atoms with Crippen LogP contribution >= 0.6 is 11.8 Å². The minimum absolute atomic E-state index is 0.0772. The van der Waals surface area contributed by atoms with Crippen molar-refractivity contribution < 1.29 is 9.53 Å². The van der Waals surface area contributed by atoms with Gasteiger partial charge in [0.2, 0.25) is 0 Å². The molecule has 0 spiro atoms. The summed E-state index contributed by atoms with van der Waals surface area (Å²) in [6.45, 7) is 3.54. The molecule has 0 aliphatic heterocycles. The van der Waals surface area contributed by atoms with Crippen LogP contribution in [0.4, 0.5) is 5.69 Å². The summed E-state index contributed by atoms with van der Waals surface area (Å²) < 4.78 is 5.10. The topological polar surface area (TPSA) is 50.7 Å². The number of aryl methyl sites for hydroxylation is 1. The summed E-state index contributed by atoms with van der Waals surface area (Å²) in [5.74, 6) is 0.696. The third-order valence-corrected chi connectivity index (χ3v) is 3.99. The normalized spacial score (nSPS) is 11.1. The third kappa shape index (κ3) is 4.63. The van der Waals surface area contributed by atoms with Crippen LogP contribution in [-0.4, -0.2) is 17.9 Å². The molecule has 0 unspecified atom stereocenters. The average Bonchev–Trinajstić information content (AvgIpc) is 2.53. The van der Waals surface area contributed by atoms with Crippen molar-refractivity contribution in [3.63, 3.8) is 0 Å². The lowest BCUT2D eigenvalue weighted by atomic mass is 10.2. The van der Waals surface area contributed by atoms with Gasteiger partial charge in [0.1, 0.15) is 5.75 Å². The molecule has 0 saturated carbocycles. The summed E-state index contributed by atoms with van der Waals surface area (Å²) in [5, 5.41) is 4.62. The van der Waals surface area contributed by atoms with Gasteiger partial charge in [0.25, 0.3) is 0 Å². The standard InChI is InChI=1S/C17H18N2O2S/c1-12-4-10-16(11-5-12)22-17(13(2)20)19-18-14-6-8-15(21-3)9-7-14/h4-11,18H,1-3H3. The summed E-state index contributed by atoms with van der Waals surface area (Å²) in [7, 11) is 1.62. The molecule has 0 radical (unpaired) electrons. The van der Waals surface area contributed by atoms with E-state index in [2.05, 4.69) is 10.5 Å². The molecule has 22 heavy (non-hydrogen) atoms. The van der Waals surface area contributed by atoms with E-state index < -0.39 is 0 Å². The predicted molar refractivity (Wildman–Crippen MR) is 91.8 cm³/mol. The van der Waals surface area contributed by atoms with E-state index in [-0.39, 0.29) is 5.78 Å². The monoisotopic (exact) mass is 314 g/mol. The zero-order valence-corrected chi connectivity index (χ0v) is 13.6. The van der Waals surface area contributed by atoms with Crippen molar-refractivity contribution in [3.05, 3.63) is 54.1 Å². The Morgan fingerprint density at radius 1 is 1.09 bits per heavy atom. The lowest BCUT2D eigenvalue weighted by Crippen LogP contribution is -2.08. The van der Waals surface area contributed by atoms with Gasteiger partial charge >= 0.3 is 0 Å². The summed E-state index contributed by atoms with van der Waals surface area (Å²) in [6, 6.07) is 15.3. The highest BCUT2D eigenvalue weighted by Crippen LogP contribution is 2.21. The minimum Gasteiger partial charge on any atom is -0.497 e. The molecule has 0 aromatic heterocycles. The van der Waals surface area contributed by atoms with E-state index in [0.29, 0.717) is 5.04 Å². The van der Waals surface area contributed by atoms with Crippen LogP contribution in [-0.2, 0) is 4.79 Å². The van der Waals surface area contributed by atoms with Gasteiger partial charge in [0, 0.05) is 11.8 Å². The third-order valence-electron chi connectivity index (χ3n) is 2.91. The second-order valence-corrected chi connectivity index (χ2v) is 5.79. The molecule has 0 aliphatic rings. The SMILES string of the molecule is COc1ccc(NN=C(Sc2ccc(C)cc2)C(C)=O)cc1. The van der Waals surface area contributed by atoms with Crippen molar-refractivity contribution in [3.8, 4) is 5.75 Å². The van der Waals surface area contributed by atoms with Gasteiger partial charge in [-0.15, -0.1) is 0 Å². The number of rotatable bonds is 5. The number of ketones is 1. The van der Waals surface area contributed by atoms with Crippen molar-refractivity contribution in [2.24, 2.45) is 5.10 Å². The van der Waals surface area contributed by atoms with Crippen LogP contribution in [0.5, 0.6) is 5.75 Å². The van der Waals surface area contributed by atoms with Gasteiger partial charge in [0.05, 0.1) is 12.8 Å². The largest absolute Gasteiger partial charge is 0.497 e. The van der Waals surface area contributed by atoms with Crippen LogP contribution in [0.25, 0.3) is 0 Å². The summed E-state index contributed by atoms with van der Waals surface area (Å²) in [4.78, 5) is 12.7. The van der Waals surface area contributed by atoms with E-state index in [1.807, 2.05) is 55.5 Å². The molecular weight excluding hydrogens is 296 g/mol. The summed E-state index contributed by atoms with van der Waals surface area (Å²) in [5.41, 5.74) is 4.88. The van der Waals surface area contributed by atoms with E-state index in [1.54, 1.807) is 7.11 Å². The maximum Gasteiger partial charge on any atom is 0.186 e. The Morgan fingerprint density at radius 2 is 1.73 bits per heavy atom. The van der Waals surface area contributed by atoms with Crippen LogP contribution in [0, 0.1) is 6.92 Å². The van der Waals surface area contributed by atoms with Crippen LogP contribution in [0.2, 0.25) is 0 Å². The lowest BCUT2D eigenvalue weighted by molar-refractivity contribution is -0.110. The number of carbonyl (C=O) groups excluding carboxylic acids is 1. The van der Waals surface area contributed by atoms with Crippen molar-refractivity contribution in [2.75, 3.05) is 12.5 Å². The number of hydrogen-bond donors (Lipinski definition) is 1. The fourth-order valence-corrected chi connectivity index (χ4v) is 2.40. The number of nitrogens with zero attached hydrogens (tertiary/aromatic N) is 1. The molecule has 2 rings (SSSR count). The predicted octanol–water partition coefficient (Wildman–Crippen LogP) is 4.11. The Morgan fingerprint density at radius 3 is 2.27 bits per heavy atom. The number of methoxy groups -OCH3 is 1. The second kappa shape index (κ2) is 7.66. The van der Waals surface area contributed by atoms with E-state index in [4.69, 9.17) is 4.74 Å². The van der Waals surface area contributed by atoms with E-state index in [9.17, 15) is 4.79 Å². The van der Waals surface area contributed by atoms with E-state index in [1.165, 1.54) is 24.2 Å². The highest BCUT2D eigenvalue weighted by molar-refractivity contribution is 8.15. The van der Waals surface area contributed by atoms with Gasteiger partial charge in [0.15, 0.2) is 10.8 Å². The number of ether oxygens (including phenoxy) is 1. The van der Waals surface area contributed by atoms with Gasteiger partial charge in [-0.25, -0.2) is 0 Å². The maximum absolute atomic E-state index is 11.7. The van der Waals surface area contributed by atoms with Gasteiger partial charge < -0.3 is 4.74 Å². The van der Waals surface area contributed by atoms with Crippen molar-refractivity contribution in [1.82, 2.24) is 0 Å². The Labute approximate surface area is 134 Å². The fraction of sp³-hybridized carbons (Fsp3) is 0.176. The lowest BCUT2D eigenvalue weighted by Gasteiger charge is -2.06. The van der Waals surface area contributed by atoms with Gasteiger partial charge in [-0.2, -0.15) is 5.10 Å². The first kappa shape index (κ1) is 16.1. The first-order chi connectivity index (χ1) is 10.6. The molecule has 0 amide bonds. The number of Topliss-reactive ketones (excluding diaryl/α,β-unsaturated/α-hetero) is 1. The van der Waals surface area contributed by atoms with Crippen LogP contribution in [0.3, 0.4) is 0 Å². The molecule has 0 aliphatic carbocycles. The highest BCUT2D eigenvalue weighted by Gasteiger charge is 2.08. The first-order valence-electron chi connectivity index (χ1n) is 6.81. The molecule has 5 heteroatoms. The molecule has 114 valence electrons. The smallest absolute Gasteiger partial charge is 0.186 e. The fourth-order valence-electron chi connectivity index (χ4n) is 1.67. The number of anilines is 1. The van der Waals surface area contributed by atoms with Crippen molar-refractivity contribution in [1.29, 1.82) is 0 Å². The molecule has 2 aromatic rings. The molecule has 0 fully saturated rings. The molecule has 0 saturated heterocycles. The Balaban J connectivity index is 2.09. The molecule has 0 bridgehead atoms. The zero-order valence-electron chi connectivity index (χ0n) is 12.8.